The third-order valence-electron chi connectivity index (χ3n) is 3.42. The van der Waals surface area contributed by atoms with Crippen LogP contribution in [0.4, 0.5) is 0 Å². The van der Waals surface area contributed by atoms with Crippen molar-refractivity contribution in [2.75, 3.05) is 7.11 Å². The summed E-state index contributed by atoms with van der Waals surface area (Å²) in [7, 11) is 1.67. The first kappa shape index (κ1) is 11.3. The van der Waals surface area contributed by atoms with Crippen molar-refractivity contribution in [3.63, 3.8) is 0 Å². The number of methoxy groups -OCH3 is 1. The number of aliphatic hydroxyl groups is 1. The van der Waals surface area contributed by atoms with Gasteiger partial charge in [0.25, 0.3) is 0 Å². The molecule has 18 heavy (non-hydrogen) atoms. The summed E-state index contributed by atoms with van der Waals surface area (Å²) in [4.78, 5) is 4.48. The maximum Gasteiger partial charge on any atom is 0.143 e. The van der Waals surface area contributed by atoms with E-state index in [1.54, 1.807) is 7.11 Å². The fourth-order valence-electron chi connectivity index (χ4n) is 2.49. The summed E-state index contributed by atoms with van der Waals surface area (Å²) < 4.78 is 7.55. The predicted molar refractivity (Wildman–Crippen MR) is 68.5 cm³/mol. The lowest BCUT2D eigenvalue weighted by molar-refractivity contribution is 0.144. The number of hydrogen-bond donors (Lipinski definition) is 1. The molecule has 1 aromatic heterocycles. The van der Waals surface area contributed by atoms with Gasteiger partial charge in [0.05, 0.1) is 18.8 Å². The van der Waals surface area contributed by atoms with Gasteiger partial charge in [0, 0.05) is 24.9 Å². The Labute approximate surface area is 106 Å². The highest BCUT2D eigenvalue weighted by atomic mass is 16.5. The van der Waals surface area contributed by atoms with Crippen molar-refractivity contribution in [2.24, 2.45) is 0 Å². The highest BCUT2D eigenvalue weighted by molar-refractivity contribution is 5.65. The predicted octanol–water partition coefficient (Wildman–Crippen LogP) is 1.87. The Hall–Kier alpha value is -1.81. The molecular weight excluding hydrogens is 228 g/mol. The normalized spacial score (nSPS) is 18.4. The number of fused-ring (bicyclic) bond motifs is 1. The highest BCUT2D eigenvalue weighted by Crippen LogP contribution is 2.31. The van der Waals surface area contributed by atoms with Crippen LogP contribution < -0.4 is 4.74 Å². The number of para-hydroxylation sites is 1. The molecule has 0 spiro atoms. The van der Waals surface area contributed by atoms with E-state index in [1.165, 1.54) is 0 Å². The van der Waals surface area contributed by atoms with E-state index >= 15 is 0 Å². The second kappa shape index (κ2) is 4.46. The standard InChI is InChI=1S/C14H16N2O2/c1-18-13-5-3-2-4-12(13)14-15-9-10-8-11(17)6-7-16(10)14/h2-5,9,11,17H,6-8H2,1H3. The van der Waals surface area contributed by atoms with Crippen LogP contribution in [0.5, 0.6) is 5.75 Å². The van der Waals surface area contributed by atoms with Crippen LogP contribution >= 0.6 is 0 Å². The Balaban J connectivity index is 2.08. The van der Waals surface area contributed by atoms with E-state index in [4.69, 9.17) is 4.74 Å². The van der Waals surface area contributed by atoms with Gasteiger partial charge in [-0.3, -0.25) is 0 Å². The lowest BCUT2D eigenvalue weighted by atomic mass is 10.1. The summed E-state index contributed by atoms with van der Waals surface area (Å²) in [5.74, 6) is 1.76. The number of hydrogen-bond acceptors (Lipinski definition) is 3. The molecule has 1 atom stereocenters. The molecule has 0 saturated carbocycles. The van der Waals surface area contributed by atoms with Gasteiger partial charge in [0.15, 0.2) is 0 Å². The lowest BCUT2D eigenvalue weighted by Gasteiger charge is -2.21. The van der Waals surface area contributed by atoms with Crippen molar-refractivity contribution in [3.05, 3.63) is 36.2 Å². The Kier molecular flexibility index (Phi) is 2.80. The number of aliphatic hydroxyl groups excluding tert-OH is 1. The molecule has 0 aliphatic carbocycles. The van der Waals surface area contributed by atoms with E-state index in [1.807, 2.05) is 30.5 Å². The van der Waals surface area contributed by atoms with Crippen LogP contribution in [0.15, 0.2) is 30.5 Å². The molecule has 0 bridgehead atoms. The van der Waals surface area contributed by atoms with E-state index in [-0.39, 0.29) is 6.10 Å². The third-order valence-corrected chi connectivity index (χ3v) is 3.42. The van der Waals surface area contributed by atoms with Gasteiger partial charge in [0.2, 0.25) is 0 Å². The molecule has 2 aromatic rings. The zero-order chi connectivity index (χ0) is 12.5. The van der Waals surface area contributed by atoms with Gasteiger partial charge in [-0.1, -0.05) is 12.1 Å². The van der Waals surface area contributed by atoms with Gasteiger partial charge in [-0.05, 0) is 18.6 Å². The topological polar surface area (TPSA) is 47.3 Å². The lowest BCUT2D eigenvalue weighted by Crippen LogP contribution is -2.23. The smallest absolute Gasteiger partial charge is 0.143 e. The Morgan fingerprint density at radius 2 is 2.22 bits per heavy atom. The minimum atomic E-state index is -0.236. The molecule has 0 saturated heterocycles. The number of nitrogens with zero attached hydrogens (tertiary/aromatic N) is 2. The summed E-state index contributed by atoms with van der Waals surface area (Å²) in [5, 5.41) is 9.67. The Morgan fingerprint density at radius 1 is 1.39 bits per heavy atom. The first-order chi connectivity index (χ1) is 8.79. The van der Waals surface area contributed by atoms with Crippen molar-refractivity contribution in [2.45, 2.75) is 25.5 Å². The summed E-state index contributed by atoms with van der Waals surface area (Å²) in [6.07, 6.45) is 3.08. The molecule has 1 aliphatic rings. The SMILES string of the molecule is COc1ccccc1-c1ncc2n1CCC(O)C2. The second-order valence-corrected chi connectivity index (χ2v) is 4.57. The first-order valence-electron chi connectivity index (χ1n) is 6.15. The second-order valence-electron chi connectivity index (χ2n) is 4.57. The molecule has 1 aromatic carbocycles. The van der Waals surface area contributed by atoms with Crippen LogP contribution in [-0.2, 0) is 13.0 Å². The fourth-order valence-corrected chi connectivity index (χ4v) is 2.49. The van der Waals surface area contributed by atoms with Crippen molar-refractivity contribution < 1.29 is 9.84 Å². The van der Waals surface area contributed by atoms with Gasteiger partial charge in [-0.2, -0.15) is 0 Å². The minimum absolute atomic E-state index is 0.236. The van der Waals surface area contributed by atoms with E-state index in [0.717, 1.165) is 35.8 Å². The molecule has 1 N–H and O–H groups in total. The number of rotatable bonds is 2. The number of aromatic nitrogens is 2. The molecule has 1 unspecified atom stereocenters. The number of imidazole rings is 1. The number of benzene rings is 1. The van der Waals surface area contributed by atoms with Crippen molar-refractivity contribution >= 4 is 0 Å². The van der Waals surface area contributed by atoms with E-state index in [9.17, 15) is 5.11 Å². The van der Waals surface area contributed by atoms with Gasteiger partial charge in [0.1, 0.15) is 11.6 Å². The summed E-state index contributed by atoms with van der Waals surface area (Å²) >= 11 is 0. The van der Waals surface area contributed by atoms with Crippen LogP contribution in [0.25, 0.3) is 11.4 Å². The molecule has 94 valence electrons. The molecular formula is C14H16N2O2. The van der Waals surface area contributed by atoms with Crippen molar-refractivity contribution in [1.82, 2.24) is 9.55 Å². The van der Waals surface area contributed by atoms with Gasteiger partial charge in [-0.25, -0.2) is 4.98 Å². The number of ether oxygens (including phenoxy) is 1. The first-order valence-corrected chi connectivity index (χ1v) is 6.15. The molecule has 0 fully saturated rings. The average molecular weight is 244 g/mol. The van der Waals surface area contributed by atoms with Crippen LogP contribution in [0, 0.1) is 0 Å². The fraction of sp³-hybridized carbons (Fsp3) is 0.357. The van der Waals surface area contributed by atoms with Gasteiger partial charge in [-0.15, -0.1) is 0 Å². The largest absolute Gasteiger partial charge is 0.496 e. The monoisotopic (exact) mass is 244 g/mol. The maximum absolute atomic E-state index is 9.67. The minimum Gasteiger partial charge on any atom is -0.496 e. The third kappa shape index (κ3) is 1.78. The van der Waals surface area contributed by atoms with Crippen LogP contribution in [0.3, 0.4) is 0 Å². The van der Waals surface area contributed by atoms with E-state index in [0.29, 0.717) is 6.42 Å². The zero-order valence-corrected chi connectivity index (χ0v) is 10.3. The van der Waals surface area contributed by atoms with Crippen molar-refractivity contribution in [3.8, 4) is 17.1 Å². The Bertz CT molecular complexity index is 563. The molecule has 3 rings (SSSR count). The maximum atomic E-state index is 9.67. The van der Waals surface area contributed by atoms with Crippen molar-refractivity contribution in [1.29, 1.82) is 0 Å². The quantitative estimate of drug-likeness (QED) is 0.877. The van der Waals surface area contributed by atoms with Gasteiger partial charge >= 0.3 is 0 Å². The zero-order valence-electron chi connectivity index (χ0n) is 10.3. The average Bonchev–Trinajstić information content (AvgIpc) is 2.81. The molecule has 4 nitrogen and oxygen atoms in total. The molecule has 0 amide bonds. The van der Waals surface area contributed by atoms with Gasteiger partial charge < -0.3 is 14.4 Å². The van der Waals surface area contributed by atoms with E-state index < -0.39 is 0 Å². The molecule has 2 heterocycles. The van der Waals surface area contributed by atoms with Crippen LogP contribution in [0.1, 0.15) is 12.1 Å². The summed E-state index contributed by atoms with van der Waals surface area (Å²) in [6.45, 7) is 0.809. The molecule has 0 radical (unpaired) electrons. The Morgan fingerprint density at radius 3 is 3.06 bits per heavy atom. The highest BCUT2D eigenvalue weighted by Gasteiger charge is 2.21. The molecule has 4 heteroatoms. The van der Waals surface area contributed by atoms with Crippen LogP contribution in [-0.4, -0.2) is 27.9 Å². The molecule has 1 aliphatic heterocycles. The van der Waals surface area contributed by atoms with Crippen LogP contribution in [0.2, 0.25) is 0 Å². The summed E-state index contributed by atoms with van der Waals surface area (Å²) in [5.41, 5.74) is 2.09. The summed E-state index contributed by atoms with van der Waals surface area (Å²) in [6, 6.07) is 7.89. The van der Waals surface area contributed by atoms with E-state index in [2.05, 4.69) is 9.55 Å².